The Kier molecular flexibility index (Phi) is 5.76. The molecule has 1 aliphatic rings. The molecule has 180 valence electrons. The van der Waals surface area contributed by atoms with E-state index in [-0.39, 0.29) is 16.6 Å². The second-order valence-electron chi connectivity index (χ2n) is 8.35. The maximum absolute atomic E-state index is 13.1. The molecule has 0 radical (unpaired) electrons. The van der Waals surface area contributed by atoms with Crippen molar-refractivity contribution in [1.82, 2.24) is 14.9 Å². The van der Waals surface area contributed by atoms with Crippen molar-refractivity contribution in [2.24, 2.45) is 0 Å². The molecule has 3 aromatic carbocycles. The van der Waals surface area contributed by atoms with Crippen LogP contribution in [0.5, 0.6) is 5.75 Å². The summed E-state index contributed by atoms with van der Waals surface area (Å²) in [5, 5.41) is 0. The molecule has 0 aliphatic carbocycles. The molecule has 0 fully saturated rings. The smallest absolute Gasteiger partial charge is 0.295 e. The first kappa shape index (κ1) is 23.0. The van der Waals surface area contributed by atoms with Crippen LogP contribution in [0.4, 0.5) is 8.78 Å². The number of H-pyrrole nitrogens is 1. The van der Waals surface area contributed by atoms with Gasteiger partial charge in [-0.2, -0.15) is 0 Å². The van der Waals surface area contributed by atoms with Gasteiger partial charge < -0.3 is 14.6 Å². The van der Waals surface area contributed by atoms with E-state index in [9.17, 15) is 22.0 Å². The molecule has 35 heavy (non-hydrogen) atoms. The van der Waals surface area contributed by atoms with Crippen LogP contribution in [0.3, 0.4) is 0 Å². The van der Waals surface area contributed by atoms with Crippen LogP contribution in [0.15, 0.2) is 65.6 Å². The van der Waals surface area contributed by atoms with Crippen LogP contribution in [0.1, 0.15) is 28.2 Å². The number of benzene rings is 3. The zero-order valence-electron chi connectivity index (χ0n) is 18.7. The molecule has 5 rings (SSSR count). The molecule has 0 atom stereocenters. The number of aromatic amines is 1. The van der Waals surface area contributed by atoms with Gasteiger partial charge in [0.1, 0.15) is 12.4 Å². The number of amides is 1. The van der Waals surface area contributed by atoms with Crippen LogP contribution < -0.4 is 4.74 Å². The summed E-state index contributed by atoms with van der Waals surface area (Å²) >= 11 is 0. The largest absolute Gasteiger partial charge is 0.491 e. The topological polar surface area (TPSA) is 92.4 Å². The normalized spacial score (nSPS) is 14.0. The fourth-order valence-electron chi connectivity index (χ4n) is 4.09. The Morgan fingerprint density at radius 2 is 1.77 bits per heavy atom. The highest BCUT2D eigenvalue weighted by Crippen LogP contribution is 2.31. The molecule has 0 saturated heterocycles. The lowest BCUT2D eigenvalue weighted by molar-refractivity contribution is 0.0733. The molecule has 1 amide bonds. The minimum Gasteiger partial charge on any atom is -0.491 e. The zero-order valence-corrected chi connectivity index (χ0v) is 19.5. The lowest BCUT2D eigenvalue weighted by atomic mass is 10.0. The van der Waals surface area contributed by atoms with Gasteiger partial charge in [0.2, 0.25) is 0 Å². The fourth-order valence-corrected chi connectivity index (χ4v) is 4.72. The van der Waals surface area contributed by atoms with Crippen molar-refractivity contribution >= 4 is 26.8 Å². The highest BCUT2D eigenvalue weighted by atomic mass is 32.2. The number of sulfone groups is 1. The van der Waals surface area contributed by atoms with Crippen LogP contribution in [0.2, 0.25) is 0 Å². The minimum atomic E-state index is -3.35. The van der Waals surface area contributed by atoms with Crippen molar-refractivity contribution in [2.75, 3.05) is 19.4 Å². The van der Waals surface area contributed by atoms with Gasteiger partial charge in [-0.15, -0.1) is 0 Å². The summed E-state index contributed by atoms with van der Waals surface area (Å²) < 4.78 is 55.2. The predicted molar refractivity (Wildman–Crippen MR) is 126 cm³/mol. The molecule has 0 bridgehead atoms. The zero-order chi connectivity index (χ0) is 24.7. The summed E-state index contributed by atoms with van der Waals surface area (Å²) in [6.45, 7) is 0.987. The van der Waals surface area contributed by atoms with Crippen LogP contribution in [0.25, 0.3) is 22.2 Å². The first-order chi connectivity index (χ1) is 16.7. The second-order valence-corrected chi connectivity index (χ2v) is 10.4. The quantitative estimate of drug-likeness (QED) is 0.445. The SMILES string of the molecule is CS(=O)(=O)c1ccc(C(=O)N2CCOc3ccc(-c4ccc5nc(C(F)F)[nH]c5c4)cc3C2)cc1. The van der Waals surface area contributed by atoms with Gasteiger partial charge in [0.25, 0.3) is 12.3 Å². The summed E-state index contributed by atoms with van der Waals surface area (Å²) in [6, 6.07) is 16.8. The molecule has 1 aromatic heterocycles. The van der Waals surface area contributed by atoms with Gasteiger partial charge in [-0.25, -0.2) is 22.2 Å². The molecule has 0 unspecified atom stereocenters. The Hall–Kier alpha value is -3.79. The number of ether oxygens (including phenoxy) is 1. The number of aromatic nitrogens is 2. The fraction of sp³-hybridized carbons (Fsp3) is 0.200. The van der Waals surface area contributed by atoms with Crippen molar-refractivity contribution in [3.63, 3.8) is 0 Å². The third-order valence-electron chi connectivity index (χ3n) is 5.90. The number of nitrogens with zero attached hydrogens (tertiary/aromatic N) is 2. The predicted octanol–water partition coefficient (Wildman–Crippen LogP) is 4.61. The Labute approximate surface area is 200 Å². The van der Waals surface area contributed by atoms with Crippen molar-refractivity contribution in [2.45, 2.75) is 17.9 Å². The van der Waals surface area contributed by atoms with E-state index in [0.29, 0.717) is 42.0 Å². The van der Waals surface area contributed by atoms with Gasteiger partial charge in [0.15, 0.2) is 15.7 Å². The van der Waals surface area contributed by atoms with Crippen molar-refractivity contribution in [1.29, 1.82) is 0 Å². The number of hydrogen-bond donors (Lipinski definition) is 1. The van der Waals surface area contributed by atoms with Crippen LogP contribution >= 0.6 is 0 Å². The van der Waals surface area contributed by atoms with Crippen molar-refractivity contribution < 1.29 is 26.7 Å². The first-order valence-corrected chi connectivity index (χ1v) is 12.7. The lowest BCUT2D eigenvalue weighted by Crippen LogP contribution is -2.32. The molecule has 1 N–H and O–H groups in total. The van der Waals surface area contributed by atoms with E-state index in [0.717, 1.165) is 22.9 Å². The summed E-state index contributed by atoms with van der Waals surface area (Å²) in [5.41, 5.74) is 3.81. The Bertz CT molecular complexity index is 1530. The van der Waals surface area contributed by atoms with Crippen LogP contribution in [-0.4, -0.2) is 48.6 Å². The van der Waals surface area contributed by atoms with E-state index in [2.05, 4.69) is 9.97 Å². The van der Waals surface area contributed by atoms with E-state index in [1.165, 1.54) is 24.3 Å². The summed E-state index contributed by atoms with van der Waals surface area (Å²) in [7, 11) is -3.35. The number of imidazole rings is 1. The average molecular weight is 498 g/mol. The molecule has 4 aromatic rings. The first-order valence-electron chi connectivity index (χ1n) is 10.8. The summed E-state index contributed by atoms with van der Waals surface area (Å²) in [6.07, 6.45) is -1.56. The highest BCUT2D eigenvalue weighted by molar-refractivity contribution is 7.90. The Morgan fingerprint density at radius 1 is 1.06 bits per heavy atom. The number of hydrogen-bond acceptors (Lipinski definition) is 5. The Balaban J connectivity index is 1.42. The van der Waals surface area contributed by atoms with Gasteiger partial charge in [-0.3, -0.25) is 4.79 Å². The molecule has 1 aliphatic heterocycles. The number of carbonyl (C=O) groups excluding carboxylic acids is 1. The molecule has 0 saturated carbocycles. The molecule has 10 heteroatoms. The summed E-state index contributed by atoms with van der Waals surface area (Å²) in [4.78, 5) is 21.5. The highest BCUT2D eigenvalue weighted by Gasteiger charge is 2.22. The van der Waals surface area contributed by atoms with E-state index in [4.69, 9.17) is 4.74 Å². The van der Waals surface area contributed by atoms with E-state index in [1.54, 1.807) is 17.0 Å². The van der Waals surface area contributed by atoms with Crippen LogP contribution in [0, 0.1) is 0 Å². The third-order valence-corrected chi connectivity index (χ3v) is 7.03. The number of halogens is 2. The minimum absolute atomic E-state index is 0.151. The standard InChI is InChI=1S/C25H21F2N3O4S/c1-35(32,33)19-6-2-15(3-7-19)25(31)30-10-11-34-22-9-5-16(12-18(22)14-30)17-4-8-20-21(13-17)29-24(28-20)23(26)27/h2-9,12-13,23H,10-11,14H2,1H3,(H,28,29). The summed E-state index contributed by atoms with van der Waals surface area (Å²) in [5.74, 6) is 0.0654. The van der Waals surface area contributed by atoms with E-state index in [1.807, 2.05) is 24.3 Å². The van der Waals surface area contributed by atoms with E-state index < -0.39 is 16.3 Å². The second kappa shape index (κ2) is 8.77. The van der Waals surface area contributed by atoms with Gasteiger partial charge >= 0.3 is 0 Å². The number of fused-ring (bicyclic) bond motifs is 2. The van der Waals surface area contributed by atoms with Crippen molar-refractivity contribution in [3.05, 3.63) is 77.6 Å². The molecular weight excluding hydrogens is 476 g/mol. The lowest BCUT2D eigenvalue weighted by Gasteiger charge is -2.20. The maximum Gasteiger partial charge on any atom is 0.295 e. The number of carbonyl (C=O) groups is 1. The average Bonchev–Trinajstić information content (AvgIpc) is 3.15. The third kappa shape index (κ3) is 4.61. The molecule has 7 nitrogen and oxygen atoms in total. The van der Waals surface area contributed by atoms with Gasteiger partial charge in [0.05, 0.1) is 22.5 Å². The number of alkyl halides is 2. The van der Waals surface area contributed by atoms with Crippen molar-refractivity contribution in [3.8, 4) is 16.9 Å². The Morgan fingerprint density at radius 3 is 2.49 bits per heavy atom. The monoisotopic (exact) mass is 497 g/mol. The van der Waals surface area contributed by atoms with Gasteiger partial charge in [0, 0.05) is 23.9 Å². The number of rotatable bonds is 4. The molecule has 0 spiro atoms. The molecular formula is C25H21F2N3O4S. The number of nitrogens with one attached hydrogen (secondary N) is 1. The van der Waals surface area contributed by atoms with Gasteiger partial charge in [-0.1, -0.05) is 12.1 Å². The maximum atomic E-state index is 13.1. The van der Waals surface area contributed by atoms with Gasteiger partial charge in [-0.05, 0) is 59.7 Å². The molecule has 2 heterocycles. The van der Waals surface area contributed by atoms with Crippen LogP contribution in [-0.2, 0) is 16.4 Å². The van der Waals surface area contributed by atoms with E-state index >= 15 is 0 Å².